The van der Waals surface area contributed by atoms with Crippen molar-refractivity contribution in [3.8, 4) is 0 Å². The largest absolute Gasteiger partial charge is 0.432 e. The molecule has 0 unspecified atom stereocenters. The Morgan fingerprint density at radius 2 is 1.56 bits per heavy atom. The molecule has 0 aromatic heterocycles. The van der Waals surface area contributed by atoms with Crippen molar-refractivity contribution in [2.45, 2.75) is 63.1 Å². The molecule has 258 valence electrons. The molecule has 9 nitrogen and oxygen atoms in total. The lowest BCUT2D eigenvalue weighted by molar-refractivity contribution is -0.149. The summed E-state index contributed by atoms with van der Waals surface area (Å²) in [4.78, 5) is 59.4. The zero-order valence-corrected chi connectivity index (χ0v) is 29.7. The Hall–Kier alpha value is -4.61. The Balaban J connectivity index is 1.33. The first-order valence-corrected chi connectivity index (χ1v) is 20.3. The van der Waals surface area contributed by atoms with Gasteiger partial charge in [0.15, 0.2) is 13.9 Å². The average molecular weight is 690 g/mol. The summed E-state index contributed by atoms with van der Waals surface area (Å²) in [5, 5.41) is 9.87. The van der Waals surface area contributed by atoms with Crippen LogP contribution in [0.3, 0.4) is 0 Å². The van der Waals surface area contributed by atoms with Crippen molar-refractivity contribution < 1.29 is 29.0 Å². The van der Waals surface area contributed by atoms with Gasteiger partial charge >= 0.3 is 0 Å². The number of aryl methyl sites for hydroxylation is 1. The van der Waals surface area contributed by atoms with Crippen LogP contribution in [0.15, 0.2) is 103 Å². The van der Waals surface area contributed by atoms with E-state index in [0.29, 0.717) is 42.0 Å². The van der Waals surface area contributed by atoms with Crippen LogP contribution >= 0.6 is 0 Å². The molecular weight excluding hydrogens is 647 g/mol. The molecule has 10 heteroatoms. The van der Waals surface area contributed by atoms with E-state index in [-0.39, 0.29) is 37.3 Å². The third-order valence-electron chi connectivity index (χ3n) is 10.6. The van der Waals surface area contributed by atoms with Crippen LogP contribution in [-0.4, -0.2) is 60.1 Å². The Morgan fingerprint density at radius 3 is 2.26 bits per heavy atom. The number of aliphatic hydroxyl groups excluding tert-OH is 1. The van der Waals surface area contributed by atoms with Crippen molar-refractivity contribution in [2.75, 3.05) is 23.0 Å². The molecule has 7 rings (SSSR count). The number of amides is 3. The van der Waals surface area contributed by atoms with Crippen LogP contribution in [0.2, 0.25) is 18.6 Å². The SMILES string of the molecule is C[C@@H]1[C@@H]([Si](C)(C)O)[C@H](CC(=O)N(CCO)Cc2ccccc2)O[C@@]12C(=O)N(c1ccccc1)c1ccc(N3C(=O)CCc4ccccc43)cc12. The molecule has 50 heavy (non-hydrogen) atoms. The highest BCUT2D eigenvalue weighted by Gasteiger charge is 2.67. The monoisotopic (exact) mass is 689 g/mol. The molecule has 0 bridgehead atoms. The van der Waals surface area contributed by atoms with E-state index in [1.807, 2.05) is 123 Å². The Morgan fingerprint density at radius 1 is 0.880 bits per heavy atom. The molecule has 1 fully saturated rings. The van der Waals surface area contributed by atoms with Crippen molar-refractivity contribution in [1.29, 1.82) is 0 Å². The molecule has 3 aliphatic heterocycles. The van der Waals surface area contributed by atoms with Gasteiger partial charge in [-0.1, -0.05) is 73.7 Å². The quantitative estimate of drug-likeness (QED) is 0.203. The number of ether oxygens (including phenoxy) is 1. The second kappa shape index (κ2) is 13.3. The van der Waals surface area contributed by atoms with Gasteiger partial charge in [0.25, 0.3) is 5.91 Å². The first-order valence-electron chi connectivity index (χ1n) is 17.3. The molecule has 4 aromatic rings. The third kappa shape index (κ3) is 5.75. The lowest BCUT2D eigenvalue weighted by atomic mass is 9.82. The molecule has 4 atom stereocenters. The maximum Gasteiger partial charge on any atom is 0.268 e. The molecule has 0 aliphatic carbocycles. The maximum absolute atomic E-state index is 15.1. The van der Waals surface area contributed by atoms with Gasteiger partial charge in [0.1, 0.15) is 0 Å². The minimum Gasteiger partial charge on any atom is -0.432 e. The lowest BCUT2D eigenvalue weighted by Gasteiger charge is -2.33. The normalized spacial score (nSPS) is 22.9. The summed E-state index contributed by atoms with van der Waals surface area (Å²) in [5.74, 6) is -1.06. The fourth-order valence-corrected chi connectivity index (χ4v) is 10.9. The number of para-hydroxylation sites is 2. The molecule has 0 saturated carbocycles. The van der Waals surface area contributed by atoms with Crippen LogP contribution < -0.4 is 9.80 Å². The number of rotatable bonds is 9. The van der Waals surface area contributed by atoms with Crippen molar-refractivity contribution in [1.82, 2.24) is 4.90 Å². The molecule has 0 radical (unpaired) electrons. The number of carbonyl (C=O) groups excluding carboxylic acids is 3. The van der Waals surface area contributed by atoms with Gasteiger partial charge in [-0.25, -0.2) is 0 Å². The Labute approximate surface area is 293 Å². The Bertz CT molecular complexity index is 1920. The minimum absolute atomic E-state index is 0.0324. The summed E-state index contributed by atoms with van der Waals surface area (Å²) in [6, 6.07) is 32.5. The standard InChI is InChI=1S/C40H43N3O6Si/c1-27-38(50(2,3)48)35(25-37(46)41(22-23-44)26-28-12-6-4-7-13-28)49-40(27)32-24-31(42-33-17-11-10-14-29(33)18-21-36(42)45)19-20-34(32)43(39(40)47)30-15-8-5-9-16-30/h4-17,19-20,24,27,35,38,44,48H,18,21-23,25-26H2,1-3H3/t27-,35+,38-,40+/m1/s1. The summed E-state index contributed by atoms with van der Waals surface area (Å²) in [6.07, 6.45) is 0.193. The molecular formula is C40H43N3O6Si. The van der Waals surface area contributed by atoms with Gasteiger partial charge in [0.05, 0.1) is 30.5 Å². The van der Waals surface area contributed by atoms with Crippen molar-refractivity contribution in [3.63, 3.8) is 0 Å². The summed E-state index contributed by atoms with van der Waals surface area (Å²) in [5.41, 5.74) is 3.38. The van der Waals surface area contributed by atoms with Crippen LogP contribution in [0.5, 0.6) is 0 Å². The highest BCUT2D eigenvalue weighted by atomic mass is 28.4. The number of aliphatic hydroxyl groups is 1. The molecule has 1 spiro atoms. The van der Waals surface area contributed by atoms with Crippen molar-refractivity contribution in [3.05, 3.63) is 120 Å². The second-order valence-corrected chi connectivity index (χ2v) is 18.1. The van der Waals surface area contributed by atoms with E-state index in [1.165, 1.54) is 0 Å². The number of fused-ring (bicyclic) bond motifs is 3. The second-order valence-electron chi connectivity index (χ2n) is 14.1. The van der Waals surface area contributed by atoms with Crippen molar-refractivity contribution in [2.24, 2.45) is 5.92 Å². The first-order chi connectivity index (χ1) is 24.0. The number of benzene rings is 4. The Kier molecular flexibility index (Phi) is 8.98. The van der Waals surface area contributed by atoms with E-state index < -0.39 is 31.5 Å². The maximum atomic E-state index is 15.1. The summed E-state index contributed by atoms with van der Waals surface area (Å²) < 4.78 is 7.01. The number of carbonyl (C=O) groups is 3. The third-order valence-corrected chi connectivity index (χ3v) is 13.1. The first kappa shape index (κ1) is 33.9. The summed E-state index contributed by atoms with van der Waals surface area (Å²) in [6.45, 7) is 5.87. The van der Waals surface area contributed by atoms with E-state index in [4.69, 9.17) is 4.74 Å². The highest BCUT2D eigenvalue weighted by molar-refractivity contribution is 6.71. The van der Waals surface area contributed by atoms with Gasteiger partial charge in [-0.05, 0) is 67.0 Å². The summed E-state index contributed by atoms with van der Waals surface area (Å²) in [7, 11) is -3.07. The van der Waals surface area contributed by atoms with Gasteiger partial charge < -0.3 is 19.5 Å². The van der Waals surface area contributed by atoms with Crippen LogP contribution in [0.1, 0.15) is 36.5 Å². The van der Waals surface area contributed by atoms with Gasteiger partial charge in [-0.2, -0.15) is 0 Å². The predicted molar refractivity (Wildman–Crippen MR) is 195 cm³/mol. The van der Waals surface area contributed by atoms with Gasteiger partial charge in [0, 0.05) is 47.9 Å². The number of hydrogen-bond donors (Lipinski definition) is 2. The van der Waals surface area contributed by atoms with Gasteiger partial charge in [-0.15, -0.1) is 0 Å². The number of anilines is 4. The molecule has 3 amide bonds. The topological polar surface area (TPSA) is 111 Å². The summed E-state index contributed by atoms with van der Waals surface area (Å²) >= 11 is 0. The van der Waals surface area contributed by atoms with E-state index in [1.54, 1.807) is 14.7 Å². The number of nitrogens with zero attached hydrogens (tertiary/aromatic N) is 3. The van der Waals surface area contributed by atoms with Crippen molar-refractivity contribution >= 4 is 48.8 Å². The smallest absolute Gasteiger partial charge is 0.268 e. The van der Waals surface area contributed by atoms with Crippen LogP contribution in [0.4, 0.5) is 22.7 Å². The molecule has 2 N–H and O–H groups in total. The molecule has 4 aromatic carbocycles. The van der Waals surface area contributed by atoms with Gasteiger partial charge in [0.2, 0.25) is 11.8 Å². The number of hydrogen-bond acceptors (Lipinski definition) is 6. The van der Waals surface area contributed by atoms with E-state index in [0.717, 1.165) is 16.8 Å². The van der Waals surface area contributed by atoms with E-state index in [9.17, 15) is 19.5 Å². The van der Waals surface area contributed by atoms with Gasteiger partial charge in [-0.3, -0.25) is 24.2 Å². The minimum atomic E-state index is -3.07. The van der Waals surface area contributed by atoms with Crippen LogP contribution in [0, 0.1) is 5.92 Å². The molecule has 3 heterocycles. The fraction of sp³-hybridized carbons (Fsp3) is 0.325. The van der Waals surface area contributed by atoms with E-state index in [2.05, 4.69) is 0 Å². The fourth-order valence-electron chi connectivity index (χ4n) is 8.39. The molecule has 3 aliphatic rings. The highest BCUT2D eigenvalue weighted by Crippen LogP contribution is 2.61. The van der Waals surface area contributed by atoms with Crippen LogP contribution in [0.25, 0.3) is 0 Å². The zero-order chi connectivity index (χ0) is 35.2. The van der Waals surface area contributed by atoms with Crippen LogP contribution in [-0.2, 0) is 37.7 Å². The molecule has 1 saturated heterocycles. The predicted octanol–water partition coefficient (Wildman–Crippen LogP) is 6.18. The van der Waals surface area contributed by atoms with E-state index >= 15 is 4.79 Å². The average Bonchev–Trinajstić information content (AvgIpc) is 3.54. The lowest BCUT2D eigenvalue weighted by Crippen LogP contribution is -2.45. The zero-order valence-electron chi connectivity index (χ0n) is 28.7.